The molecule has 0 aromatic heterocycles. The van der Waals surface area contributed by atoms with E-state index in [-0.39, 0.29) is 6.61 Å². The van der Waals surface area contributed by atoms with Gasteiger partial charge in [0.1, 0.15) is 18.5 Å². The van der Waals surface area contributed by atoms with Gasteiger partial charge in [-0.1, -0.05) is 109 Å². The number of hydrogen-bond acceptors (Lipinski definition) is 7. The molecule has 41 heavy (non-hydrogen) atoms. The first-order valence-electron chi connectivity index (χ1n) is 15.9. The minimum absolute atomic E-state index is 0.0873. The highest BCUT2D eigenvalue weighted by Gasteiger charge is 2.27. The van der Waals surface area contributed by atoms with Crippen LogP contribution in [0.1, 0.15) is 109 Å². The minimum atomic E-state index is -4.34. The SMILES string of the molecule is CCCCCCCCCCCCCCCCOCC(COP(=O)(O)Oc1ccccc1CN1[CH]N(C)C=C1)OCC. The Labute approximate surface area is 250 Å². The van der Waals surface area contributed by atoms with Crippen LogP contribution in [-0.2, 0) is 25.1 Å². The lowest BCUT2D eigenvalue weighted by Crippen LogP contribution is -2.26. The molecular formula is C32H56N2O6P. The summed E-state index contributed by atoms with van der Waals surface area (Å²) in [5, 5.41) is 0. The molecule has 1 N–H and O–H groups in total. The molecule has 0 fully saturated rings. The van der Waals surface area contributed by atoms with Crippen molar-refractivity contribution in [3.8, 4) is 5.75 Å². The van der Waals surface area contributed by atoms with Crippen molar-refractivity contribution in [2.75, 3.05) is 33.5 Å². The van der Waals surface area contributed by atoms with E-state index >= 15 is 0 Å². The Hall–Kier alpha value is -1.57. The molecule has 2 rings (SSSR count). The van der Waals surface area contributed by atoms with Crippen molar-refractivity contribution < 1.29 is 28.0 Å². The van der Waals surface area contributed by atoms with Gasteiger partial charge in [0.05, 0.1) is 13.2 Å². The number of rotatable bonds is 26. The summed E-state index contributed by atoms with van der Waals surface area (Å²) in [6.45, 7) is 7.93. The van der Waals surface area contributed by atoms with Crippen LogP contribution in [0, 0.1) is 6.67 Å². The van der Waals surface area contributed by atoms with Gasteiger partial charge in [0.25, 0.3) is 0 Å². The van der Waals surface area contributed by atoms with E-state index in [2.05, 4.69) is 6.92 Å². The first kappa shape index (κ1) is 35.6. The maximum atomic E-state index is 12.7. The lowest BCUT2D eigenvalue weighted by Gasteiger charge is -2.22. The van der Waals surface area contributed by atoms with Gasteiger partial charge in [0, 0.05) is 44.8 Å². The summed E-state index contributed by atoms with van der Waals surface area (Å²) >= 11 is 0. The van der Waals surface area contributed by atoms with Crippen molar-refractivity contribution in [3.63, 3.8) is 0 Å². The van der Waals surface area contributed by atoms with E-state index in [4.69, 9.17) is 18.5 Å². The van der Waals surface area contributed by atoms with E-state index in [0.717, 1.165) is 18.4 Å². The molecule has 235 valence electrons. The fraction of sp³-hybridized carbons (Fsp3) is 0.719. The average Bonchev–Trinajstić information content (AvgIpc) is 3.36. The molecule has 0 amide bonds. The van der Waals surface area contributed by atoms with Crippen LogP contribution in [0.2, 0.25) is 0 Å². The van der Waals surface area contributed by atoms with Crippen LogP contribution in [0.25, 0.3) is 0 Å². The standard InChI is InChI=1S/C32H56N2O6P/c1-4-6-7-8-9-10-11-12-13-14-15-16-17-20-25-37-27-31(38-5-2)28-39-41(35,36)40-32-22-19-18-21-30(32)26-34-24-23-33(3)29-34/h18-19,21-24,29,31H,4-17,20,25-28H2,1-3H3,(H,35,36). The molecule has 2 unspecified atom stereocenters. The molecule has 1 aromatic rings. The molecule has 9 heteroatoms. The number of nitrogens with zero attached hydrogens (tertiary/aromatic N) is 2. The van der Waals surface area contributed by atoms with E-state index in [1.54, 1.807) is 12.1 Å². The fourth-order valence-corrected chi connectivity index (χ4v) is 5.67. The molecule has 1 heterocycles. The second-order valence-corrected chi connectivity index (χ2v) is 12.3. The third-order valence-corrected chi connectivity index (χ3v) is 8.04. The van der Waals surface area contributed by atoms with Gasteiger partial charge in [-0.05, 0) is 19.4 Å². The van der Waals surface area contributed by atoms with Gasteiger partial charge >= 0.3 is 7.82 Å². The van der Waals surface area contributed by atoms with Gasteiger partial charge in [-0.2, -0.15) is 0 Å². The van der Waals surface area contributed by atoms with Crippen LogP contribution in [0.3, 0.4) is 0 Å². The zero-order valence-electron chi connectivity index (χ0n) is 25.9. The van der Waals surface area contributed by atoms with E-state index in [1.807, 2.05) is 55.0 Å². The van der Waals surface area contributed by atoms with Crippen LogP contribution in [0.5, 0.6) is 5.75 Å². The zero-order chi connectivity index (χ0) is 29.6. The first-order chi connectivity index (χ1) is 19.9. The van der Waals surface area contributed by atoms with E-state index < -0.39 is 13.9 Å². The Morgan fingerprint density at radius 1 is 0.829 bits per heavy atom. The largest absolute Gasteiger partial charge is 0.527 e. The van der Waals surface area contributed by atoms with Crippen LogP contribution in [0.15, 0.2) is 36.7 Å². The van der Waals surface area contributed by atoms with Crippen molar-refractivity contribution in [1.29, 1.82) is 0 Å². The van der Waals surface area contributed by atoms with Gasteiger partial charge in [-0.15, -0.1) is 0 Å². The Balaban J connectivity index is 1.55. The summed E-state index contributed by atoms with van der Waals surface area (Å²) in [5.41, 5.74) is 0.777. The number of ether oxygens (including phenoxy) is 2. The molecule has 1 aliphatic rings. The quantitative estimate of drug-likeness (QED) is 0.0844. The Morgan fingerprint density at radius 2 is 1.44 bits per heavy atom. The second-order valence-electron chi connectivity index (χ2n) is 11.0. The average molecular weight is 596 g/mol. The summed E-state index contributed by atoms with van der Waals surface area (Å²) in [6.07, 6.45) is 21.9. The van der Waals surface area contributed by atoms with Gasteiger partial charge in [-0.3, -0.25) is 9.42 Å². The van der Waals surface area contributed by atoms with Crippen molar-refractivity contribution in [1.82, 2.24) is 9.80 Å². The van der Waals surface area contributed by atoms with Gasteiger partial charge < -0.3 is 23.8 Å². The summed E-state index contributed by atoms with van der Waals surface area (Å²) in [5.74, 6) is 0.316. The molecule has 1 aliphatic heterocycles. The number of para-hydroxylation sites is 1. The number of unbranched alkanes of at least 4 members (excludes halogenated alkanes) is 13. The Kier molecular flexibility index (Phi) is 19.1. The summed E-state index contributed by atoms with van der Waals surface area (Å²) < 4.78 is 35.0. The maximum Gasteiger partial charge on any atom is 0.527 e. The minimum Gasteiger partial charge on any atom is -0.404 e. The highest BCUT2D eigenvalue weighted by atomic mass is 31.2. The first-order valence-corrected chi connectivity index (χ1v) is 17.4. The number of phosphoric ester groups is 1. The monoisotopic (exact) mass is 595 g/mol. The molecule has 0 saturated heterocycles. The predicted octanol–water partition coefficient (Wildman–Crippen LogP) is 8.42. The smallest absolute Gasteiger partial charge is 0.404 e. The second kappa shape index (κ2) is 22.0. The molecule has 0 bridgehead atoms. The van der Waals surface area contributed by atoms with E-state index in [1.165, 1.54) is 77.0 Å². The van der Waals surface area contributed by atoms with Crippen molar-refractivity contribution >= 4 is 7.82 Å². The third-order valence-electron chi connectivity index (χ3n) is 7.13. The molecule has 1 aromatic carbocycles. The molecular weight excluding hydrogens is 539 g/mol. The van der Waals surface area contributed by atoms with Crippen molar-refractivity contribution in [2.45, 2.75) is 116 Å². The predicted molar refractivity (Wildman–Crippen MR) is 166 cm³/mol. The molecule has 0 spiro atoms. The third kappa shape index (κ3) is 17.2. The van der Waals surface area contributed by atoms with Crippen LogP contribution in [-0.4, -0.2) is 54.3 Å². The van der Waals surface area contributed by atoms with Gasteiger partial charge in [-0.25, -0.2) is 4.57 Å². The molecule has 2 atom stereocenters. The molecule has 0 saturated carbocycles. The number of hydrogen-bond donors (Lipinski definition) is 1. The normalized spacial score (nSPS) is 15.4. The van der Waals surface area contributed by atoms with E-state index in [0.29, 0.717) is 32.1 Å². The lowest BCUT2D eigenvalue weighted by molar-refractivity contribution is -0.0373. The van der Waals surface area contributed by atoms with Gasteiger partial charge in [0.15, 0.2) is 0 Å². The van der Waals surface area contributed by atoms with Gasteiger partial charge in [0.2, 0.25) is 0 Å². The van der Waals surface area contributed by atoms with Crippen molar-refractivity contribution in [3.05, 3.63) is 48.9 Å². The van der Waals surface area contributed by atoms with Crippen LogP contribution >= 0.6 is 7.82 Å². The Morgan fingerprint density at radius 3 is 2.02 bits per heavy atom. The topological polar surface area (TPSA) is 80.7 Å². The highest BCUT2D eigenvalue weighted by molar-refractivity contribution is 7.47. The molecule has 1 radical (unpaired) electrons. The fourth-order valence-electron chi connectivity index (χ4n) is 4.84. The number of benzene rings is 1. The van der Waals surface area contributed by atoms with Crippen molar-refractivity contribution in [2.24, 2.45) is 0 Å². The zero-order valence-corrected chi connectivity index (χ0v) is 26.8. The summed E-state index contributed by atoms with van der Waals surface area (Å²) in [4.78, 5) is 14.3. The summed E-state index contributed by atoms with van der Waals surface area (Å²) in [7, 11) is -2.41. The maximum absolute atomic E-state index is 12.7. The molecule has 8 nitrogen and oxygen atoms in total. The highest BCUT2D eigenvalue weighted by Crippen LogP contribution is 2.45. The van der Waals surface area contributed by atoms with Crippen LogP contribution in [0.4, 0.5) is 0 Å². The molecule has 0 aliphatic carbocycles. The summed E-state index contributed by atoms with van der Waals surface area (Å²) in [6, 6.07) is 7.17. The lowest BCUT2D eigenvalue weighted by atomic mass is 10.0. The van der Waals surface area contributed by atoms with Crippen LogP contribution < -0.4 is 4.52 Å². The number of phosphoric acid groups is 1. The van der Waals surface area contributed by atoms with E-state index in [9.17, 15) is 9.46 Å². The Bertz CT molecular complexity index is 870.